The van der Waals surface area contributed by atoms with Crippen molar-refractivity contribution in [1.29, 1.82) is 0 Å². The van der Waals surface area contributed by atoms with E-state index < -0.39 is 95.1 Å². The highest BCUT2D eigenvalue weighted by atomic mass is 19.2. The van der Waals surface area contributed by atoms with Gasteiger partial charge in [-0.25, -0.2) is 18.4 Å². The van der Waals surface area contributed by atoms with Crippen LogP contribution in [0.25, 0.3) is 0 Å². The molecule has 2 unspecified atom stereocenters. The van der Waals surface area contributed by atoms with Crippen LogP contribution in [0.3, 0.4) is 0 Å². The number of hydrogen-bond donors (Lipinski definition) is 2. The Morgan fingerprint density at radius 1 is 0.723 bits per heavy atom. The Balaban J connectivity index is 2.31. The Bertz CT molecular complexity index is 1410. The van der Waals surface area contributed by atoms with Crippen molar-refractivity contribution in [3.05, 3.63) is 65.2 Å². The van der Waals surface area contributed by atoms with E-state index in [1.165, 1.54) is 0 Å². The minimum atomic E-state index is -2.02. The van der Waals surface area contributed by atoms with Gasteiger partial charge >= 0.3 is 24.0 Å². The van der Waals surface area contributed by atoms with Crippen molar-refractivity contribution in [2.75, 3.05) is 0 Å². The van der Waals surface area contributed by atoms with Crippen molar-refractivity contribution >= 4 is 29.9 Å². The quantitative estimate of drug-likeness (QED) is 0.0969. The average molecular weight is 671 g/mol. The summed E-state index contributed by atoms with van der Waals surface area (Å²) in [5.74, 6) is -13.8. The molecule has 0 fully saturated rings. The Kier molecular flexibility index (Phi) is 13.7. The van der Waals surface area contributed by atoms with Gasteiger partial charge in [-0.05, 0) is 59.9 Å². The van der Waals surface area contributed by atoms with Gasteiger partial charge in [-0.2, -0.15) is 8.78 Å². The Morgan fingerprint density at radius 3 is 1.70 bits per heavy atom. The van der Waals surface area contributed by atoms with Gasteiger partial charge in [0.15, 0.2) is 11.6 Å². The molecule has 15 heteroatoms. The first-order valence-electron chi connectivity index (χ1n) is 14.5. The summed E-state index contributed by atoms with van der Waals surface area (Å²) in [5.41, 5.74) is -1.18. The molecule has 2 amide bonds. The van der Waals surface area contributed by atoms with Crippen molar-refractivity contribution in [3.63, 3.8) is 0 Å². The molecular formula is C32H38F4N2O9. The lowest BCUT2D eigenvalue weighted by Gasteiger charge is -2.24. The molecule has 0 aliphatic rings. The van der Waals surface area contributed by atoms with Gasteiger partial charge in [0.25, 0.3) is 0 Å². The molecule has 2 rings (SSSR count). The van der Waals surface area contributed by atoms with Gasteiger partial charge in [-0.3, -0.25) is 14.4 Å². The molecule has 0 aliphatic carbocycles. The number of carbonyl (C=O) groups is 5. The number of halogens is 4. The van der Waals surface area contributed by atoms with Crippen molar-refractivity contribution < 1.29 is 60.5 Å². The maximum Gasteiger partial charge on any atom is 0.408 e. The lowest BCUT2D eigenvalue weighted by atomic mass is 10.1. The molecule has 0 spiro atoms. The van der Waals surface area contributed by atoms with Crippen LogP contribution in [0.4, 0.5) is 22.4 Å². The van der Waals surface area contributed by atoms with E-state index in [2.05, 4.69) is 15.4 Å². The molecular weight excluding hydrogens is 632 g/mol. The molecule has 0 heterocycles. The highest BCUT2D eigenvalue weighted by Crippen LogP contribution is 2.27. The molecule has 0 saturated heterocycles. The number of benzene rings is 2. The van der Waals surface area contributed by atoms with E-state index in [0.717, 1.165) is 0 Å². The van der Waals surface area contributed by atoms with Gasteiger partial charge in [0.05, 0.1) is 0 Å². The van der Waals surface area contributed by atoms with Gasteiger partial charge in [0.2, 0.25) is 23.3 Å². The van der Waals surface area contributed by atoms with Crippen molar-refractivity contribution in [3.8, 4) is 5.75 Å². The van der Waals surface area contributed by atoms with E-state index >= 15 is 0 Å². The van der Waals surface area contributed by atoms with Crippen LogP contribution in [0, 0.1) is 23.3 Å². The average Bonchev–Trinajstić information content (AvgIpc) is 2.96. The predicted octanol–water partition coefficient (Wildman–Crippen LogP) is 5.17. The smallest absolute Gasteiger partial charge is 0.408 e. The monoisotopic (exact) mass is 670 g/mol. The fraction of sp³-hybridized carbons (Fsp3) is 0.469. The van der Waals surface area contributed by atoms with Crippen LogP contribution in [0.15, 0.2) is 36.4 Å². The zero-order chi connectivity index (χ0) is 35.5. The number of amides is 2. The molecule has 0 aliphatic heterocycles. The molecule has 2 aromatic carbocycles. The number of ether oxygens (including phenoxy) is 4. The summed E-state index contributed by atoms with van der Waals surface area (Å²) in [6.45, 7) is 9.38. The van der Waals surface area contributed by atoms with Gasteiger partial charge in [0, 0.05) is 18.9 Å². The minimum absolute atomic E-state index is 0.0957. The highest BCUT2D eigenvalue weighted by molar-refractivity contribution is 5.90. The lowest BCUT2D eigenvalue weighted by Crippen LogP contribution is -2.52. The zero-order valence-electron chi connectivity index (χ0n) is 26.8. The second kappa shape index (κ2) is 16.7. The molecule has 2 aromatic rings. The molecule has 0 bridgehead atoms. The summed E-state index contributed by atoms with van der Waals surface area (Å²) < 4.78 is 76.2. The van der Waals surface area contributed by atoms with Gasteiger partial charge < -0.3 is 29.6 Å². The van der Waals surface area contributed by atoms with Crippen molar-refractivity contribution in [2.24, 2.45) is 0 Å². The van der Waals surface area contributed by atoms with E-state index in [4.69, 9.17) is 14.2 Å². The summed E-state index contributed by atoms with van der Waals surface area (Å²) in [5, 5.41) is 4.48. The zero-order valence-corrected chi connectivity index (χ0v) is 26.8. The lowest BCUT2D eigenvalue weighted by molar-refractivity contribution is -0.156. The predicted molar refractivity (Wildman–Crippen MR) is 158 cm³/mol. The Hall–Kier alpha value is -4.69. The summed E-state index contributed by atoms with van der Waals surface area (Å²) in [4.78, 5) is 63.8. The van der Waals surface area contributed by atoms with E-state index in [9.17, 15) is 41.5 Å². The minimum Gasteiger partial charge on any atom is -0.460 e. The third-order valence-electron chi connectivity index (χ3n) is 5.81. The van der Waals surface area contributed by atoms with Gasteiger partial charge in [-0.15, -0.1) is 0 Å². The van der Waals surface area contributed by atoms with Crippen molar-refractivity contribution in [1.82, 2.24) is 10.6 Å². The van der Waals surface area contributed by atoms with Crippen LogP contribution in [0.2, 0.25) is 0 Å². The summed E-state index contributed by atoms with van der Waals surface area (Å²) in [6.07, 6.45) is -2.94. The number of nitrogens with one attached hydrogen (secondary N) is 2. The maximum absolute atomic E-state index is 14.3. The molecule has 2 atom stereocenters. The second-order valence-corrected chi connectivity index (χ2v) is 12.3. The fourth-order valence-electron chi connectivity index (χ4n) is 3.82. The van der Waals surface area contributed by atoms with E-state index in [0.29, 0.717) is 5.56 Å². The third-order valence-corrected chi connectivity index (χ3v) is 5.81. The molecule has 258 valence electrons. The Labute approximate surface area is 269 Å². The van der Waals surface area contributed by atoms with Crippen LogP contribution in [0.1, 0.15) is 72.8 Å². The normalized spacial score (nSPS) is 12.7. The number of esters is 3. The third kappa shape index (κ3) is 13.7. The molecule has 11 nitrogen and oxygen atoms in total. The van der Waals surface area contributed by atoms with E-state index in [1.807, 2.05) is 0 Å². The van der Waals surface area contributed by atoms with Crippen molar-refractivity contribution in [2.45, 2.75) is 97.1 Å². The second-order valence-electron chi connectivity index (χ2n) is 12.3. The van der Waals surface area contributed by atoms with Gasteiger partial charge in [-0.1, -0.05) is 30.3 Å². The fourth-order valence-corrected chi connectivity index (χ4v) is 3.82. The number of carbonyl (C=O) groups excluding carboxylic acids is 5. The molecule has 0 radical (unpaired) electrons. The topological polar surface area (TPSA) is 146 Å². The maximum atomic E-state index is 14.3. The first-order chi connectivity index (χ1) is 21.8. The highest BCUT2D eigenvalue weighted by Gasteiger charge is 2.32. The molecule has 0 aromatic heterocycles. The number of rotatable bonds is 13. The first kappa shape index (κ1) is 38.5. The SMILES string of the molecule is CC(C)(C)OC(=O)CCC(NC(=O)OCc1ccccc1)C(=O)NC(CCC(=O)OC(C)(C)C)C(=O)Oc1c(F)c(F)cc(F)c1F. The summed E-state index contributed by atoms with van der Waals surface area (Å²) >= 11 is 0. The largest absolute Gasteiger partial charge is 0.460 e. The summed E-state index contributed by atoms with van der Waals surface area (Å²) in [6, 6.07) is 5.00. The van der Waals surface area contributed by atoms with E-state index in [1.54, 1.807) is 71.9 Å². The summed E-state index contributed by atoms with van der Waals surface area (Å²) in [7, 11) is 0. The van der Waals surface area contributed by atoms with Crippen LogP contribution < -0.4 is 15.4 Å². The van der Waals surface area contributed by atoms with Crippen LogP contribution >= 0.6 is 0 Å². The van der Waals surface area contributed by atoms with Gasteiger partial charge in [0.1, 0.15) is 29.9 Å². The molecule has 47 heavy (non-hydrogen) atoms. The van der Waals surface area contributed by atoms with Crippen LogP contribution in [-0.2, 0) is 40.0 Å². The number of alkyl carbamates (subject to hydrolysis) is 1. The van der Waals surface area contributed by atoms with Crippen LogP contribution in [-0.4, -0.2) is 53.2 Å². The number of hydrogen-bond acceptors (Lipinski definition) is 9. The standard InChI is InChI=1S/C32H38F4N2O9/c1-31(2,3)46-23(39)14-12-21(38-30(43)44-17-18-10-8-7-9-11-18)28(41)37-22(13-15-24(40)47-32(4,5)6)29(42)45-27-25(35)19(33)16-20(34)26(27)36/h7-11,16,21-22H,12-15,17H2,1-6H3,(H,37,41)(H,38,43). The molecule has 2 N–H and O–H groups in total. The first-order valence-corrected chi connectivity index (χ1v) is 14.5. The van der Waals surface area contributed by atoms with Crippen LogP contribution in [0.5, 0.6) is 5.75 Å². The molecule has 0 saturated carbocycles. The Morgan fingerprint density at radius 2 is 1.21 bits per heavy atom. The van der Waals surface area contributed by atoms with E-state index in [-0.39, 0.29) is 25.5 Å².